The highest BCUT2D eigenvalue weighted by Crippen LogP contribution is 2.20. The van der Waals surface area contributed by atoms with Crippen LogP contribution in [0, 0.1) is 0 Å². The van der Waals surface area contributed by atoms with Gasteiger partial charge in [0.15, 0.2) is 9.84 Å². The first kappa shape index (κ1) is 16.3. The molecule has 1 aromatic rings. The molecule has 20 heavy (non-hydrogen) atoms. The SMILES string of the molecule is C/C=C(\C=C/C(C)S(=O)(=O)c1ccc(OC)cc1)OC. The van der Waals surface area contributed by atoms with Crippen LogP contribution in [0.15, 0.2) is 53.1 Å². The van der Waals surface area contributed by atoms with Crippen LogP contribution in [0.1, 0.15) is 13.8 Å². The second-order valence-electron chi connectivity index (χ2n) is 4.18. The molecule has 0 spiro atoms. The Kier molecular flexibility index (Phi) is 5.82. The van der Waals surface area contributed by atoms with Crippen molar-refractivity contribution in [2.75, 3.05) is 14.2 Å². The molecule has 1 unspecified atom stereocenters. The van der Waals surface area contributed by atoms with E-state index in [4.69, 9.17) is 9.47 Å². The zero-order chi connectivity index (χ0) is 15.2. The minimum Gasteiger partial charge on any atom is -0.497 e. The molecule has 1 atom stereocenters. The minimum atomic E-state index is -3.40. The van der Waals surface area contributed by atoms with Crippen LogP contribution in [0.25, 0.3) is 0 Å². The number of benzene rings is 1. The quantitative estimate of drug-likeness (QED) is 0.598. The van der Waals surface area contributed by atoms with E-state index in [1.54, 1.807) is 56.5 Å². The van der Waals surface area contributed by atoms with Gasteiger partial charge in [-0.1, -0.05) is 6.08 Å². The molecule has 0 saturated carbocycles. The lowest BCUT2D eigenvalue weighted by molar-refractivity contribution is 0.306. The van der Waals surface area contributed by atoms with Gasteiger partial charge in [-0.2, -0.15) is 0 Å². The Hall–Kier alpha value is -1.75. The van der Waals surface area contributed by atoms with Gasteiger partial charge in [-0.15, -0.1) is 0 Å². The van der Waals surface area contributed by atoms with Crippen molar-refractivity contribution in [2.24, 2.45) is 0 Å². The first-order valence-electron chi connectivity index (χ1n) is 6.22. The molecule has 0 aliphatic carbocycles. The van der Waals surface area contributed by atoms with Crippen molar-refractivity contribution in [1.82, 2.24) is 0 Å². The molecule has 0 radical (unpaired) electrons. The summed E-state index contributed by atoms with van der Waals surface area (Å²) in [5.41, 5.74) is 0. The van der Waals surface area contributed by atoms with E-state index >= 15 is 0 Å². The van der Waals surface area contributed by atoms with Gasteiger partial charge in [0.1, 0.15) is 11.5 Å². The van der Waals surface area contributed by atoms with Crippen molar-refractivity contribution in [3.05, 3.63) is 48.3 Å². The van der Waals surface area contributed by atoms with Crippen LogP contribution >= 0.6 is 0 Å². The average molecular weight is 296 g/mol. The van der Waals surface area contributed by atoms with E-state index in [2.05, 4.69) is 0 Å². The standard InChI is InChI=1S/C15H20O4S/c1-5-13(18-3)7-6-12(2)20(16,17)15-10-8-14(19-4)9-11-15/h5-12H,1-4H3/b7-6-,13-5+. The van der Waals surface area contributed by atoms with Gasteiger partial charge >= 0.3 is 0 Å². The van der Waals surface area contributed by atoms with Gasteiger partial charge in [0.05, 0.1) is 24.4 Å². The third kappa shape index (κ3) is 3.87. The van der Waals surface area contributed by atoms with Gasteiger partial charge in [0.25, 0.3) is 0 Å². The van der Waals surface area contributed by atoms with Gasteiger partial charge in [-0.25, -0.2) is 8.42 Å². The fraction of sp³-hybridized carbons (Fsp3) is 0.333. The van der Waals surface area contributed by atoms with E-state index < -0.39 is 15.1 Å². The molecule has 0 N–H and O–H groups in total. The lowest BCUT2D eigenvalue weighted by atomic mass is 10.3. The summed E-state index contributed by atoms with van der Waals surface area (Å²) in [6.07, 6.45) is 5.04. The maximum Gasteiger partial charge on any atom is 0.184 e. The fourth-order valence-corrected chi connectivity index (χ4v) is 2.83. The van der Waals surface area contributed by atoms with Crippen molar-refractivity contribution in [1.29, 1.82) is 0 Å². The molecule has 5 heteroatoms. The first-order chi connectivity index (χ1) is 9.45. The van der Waals surface area contributed by atoms with Crippen LogP contribution in [0.4, 0.5) is 0 Å². The largest absolute Gasteiger partial charge is 0.497 e. The van der Waals surface area contributed by atoms with Crippen molar-refractivity contribution in [3.63, 3.8) is 0 Å². The molecular formula is C15H20O4S. The van der Waals surface area contributed by atoms with Crippen molar-refractivity contribution < 1.29 is 17.9 Å². The Labute approximate surface area is 120 Å². The van der Waals surface area contributed by atoms with Crippen LogP contribution in [0.5, 0.6) is 5.75 Å². The lowest BCUT2D eigenvalue weighted by Gasteiger charge is -2.10. The summed E-state index contributed by atoms with van der Waals surface area (Å²) < 4.78 is 34.8. The van der Waals surface area contributed by atoms with Crippen molar-refractivity contribution in [3.8, 4) is 5.75 Å². The Morgan fingerprint density at radius 1 is 1.20 bits per heavy atom. The van der Waals surface area contributed by atoms with Gasteiger partial charge < -0.3 is 9.47 Å². The summed E-state index contributed by atoms with van der Waals surface area (Å²) in [7, 11) is -0.317. The monoisotopic (exact) mass is 296 g/mol. The molecule has 0 saturated heterocycles. The van der Waals surface area contributed by atoms with Crippen molar-refractivity contribution >= 4 is 9.84 Å². The first-order valence-corrected chi connectivity index (χ1v) is 7.76. The molecular weight excluding hydrogens is 276 g/mol. The number of allylic oxidation sites excluding steroid dienone is 2. The topological polar surface area (TPSA) is 52.6 Å². The van der Waals surface area contributed by atoms with Gasteiger partial charge in [-0.3, -0.25) is 0 Å². The second kappa shape index (κ2) is 7.14. The Balaban J connectivity index is 2.97. The molecule has 0 fully saturated rings. The number of sulfone groups is 1. The molecule has 0 aliphatic heterocycles. The Bertz CT molecular complexity index is 583. The molecule has 4 nitrogen and oxygen atoms in total. The number of rotatable bonds is 6. The molecule has 110 valence electrons. The van der Waals surface area contributed by atoms with E-state index in [0.717, 1.165) is 0 Å². The van der Waals surface area contributed by atoms with E-state index in [9.17, 15) is 8.42 Å². The highest BCUT2D eigenvalue weighted by Gasteiger charge is 2.20. The van der Waals surface area contributed by atoms with Crippen molar-refractivity contribution in [2.45, 2.75) is 24.0 Å². The van der Waals surface area contributed by atoms with Crippen LogP contribution in [0.2, 0.25) is 0 Å². The number of methoxy groups -OCH3 is 2. The predicted molar refractivity (Wildman–Crippen MR) is 79.5 cm³/mol. The molecule has 1 rings (SSSR count). The molecule has 0 amide bonds. The third-order valence-corrected chi connectivity index (χ3v) is 4.99. The summed E-state index contributed by atoms with van der Waals surface area (Å²) in [5, 5.41) is -0.638. The summed E-state index contributed by atoms with van der Waals surface area (Å²) in [6.45, 7) is 3.46. The zero-order valence-corrected chi connectivity index (χ0v) is 13.0. The fourth-order valence-electron chi connectivity index (χ4n) is 1.60. The normalized spacial score (nSPS) is 14.3. The molecule has 0 aromatic heterocycles. The maximum absolute atomic E-state index is 12.4. The Morgan fingerprint density at radius 2 is 1.80 bits per heavy atom. The molecule has 0 bridgehead atoms. The van der Waals surface area contributed by atoms with Crippen LogP contribution in [-0.4, -0.2) is 27.9 Å². The van der Waals surface area contributed by atoms with E-state index in [-0.39, 0.29) is 4.90 Å². The summed E-state index contributed by atoms with van der Waals surface area (Å²) in [6, 6.07) is 6.36. The van der Waals surface area contributed by atoms with Crippen LogP contribution in [-0.2, 0) is 14.6 Å². The summed E-state index contributed by atoms with van der Waals surface area (Å²) >= 11 is 0. The summed E-state index contributed by atoms with van der Waals surface area (Å²) in [4.78, 5) is 0.273. The van der Waals surface area contributed by atoms with Crippen LogP contribution < -0.4 is 4.74 Å². The number of ether oxygens (including phenoxy) is 2. The average Bonchev–Trinajstić information content (AvgIpc) is 2.48. The maximum atomic E-state index is 12.4. The molecule has 1 aromatic carbocycles. The Morgan fingerprint density at radius 3 is 2.25 bits per heavy atom. The predicted octanol–water partition coefficient (Wildman–Crippen LogP) is 2.96. The van der Waals surface area contributed by atoms with Crippen LogP contribution in [0.3, 0.4) is 0 Å². The van der Waals surface area contributed by atoms with Gasteiger partial charge in [0, 0.05) is 0 Å². The van der Waals surface area contributed by atoms with Gasteiger partial charge in [0.2, 0.25) is 0 Å². The van der Waals surface area contributed by atoms with E-state index in [0.29, 0.717) is 11.5 Å². The number of hydrogen-bond acceptors (Lipinski definition) is 4. The number of hydrogen-bond donors (Lipinski definition) is 0. The zero-order valence-electron chi connectivity index (χ0n) is 12.2. The van der Waals surface area contributed by atoms with E-state index in [1.165, 1.54) is 7.11 Å². The molecule has 0 aliphatic rings. The van der Waals surface area contributed by atoms with E-state index in [1.807, 2.05) is 6.92 Å². The lowest BCUT2D eigenvalue weighted by Crippen LogP contribution is -2.15. The smallest absolute Gasteiger partial charge is 0.184 e. The molecule has 0 heterocycles. The highest BCUT2D eigenvalue weighted by molar-refractivity contribution is 7.92. The second-order valence-corrected chi connectivity index (χ2v) is 6.48. The third-order valence-electron chi connectivity index (χ3n) is 2.93. The highest BCUT2D eigenvalue weighted by atomic mass is 32.2. The minimum absolute atomic E-state index is 0.273. The van der Waals surface area contributed by atoms with Gasteiger partial charge in [-0.05, 0) is 50.3 Å². The summed E-state index contributed by atoms with van der Waals surface area (Å²) in [5.74, 6) is 1.25.